The Labute approximate surface area is 305 Å². The molecule has 0 aromatic rings. The van der Waals surface area contributed by atoms with Gasteiger partial charge in [0.15, 0.2) is 0 Å². The zero-order chi connectivity index (χ0) is 35.1. The fourth-order valence-electron chi connectivity index (χ4n) is 7.52. The molecule has 264 valence electrons. The fraction of sp³-hybridized carbons (Fsp3) is 0.425. The Morgan fingerprint density at radius 2 is 1.66 bits per heavy atom. The minimum atomic E-state index is -0.387. The van der Waals surface area contributed by atoms with Crippen molar-refractivity contribution >= 4 is 29.2 Å². The minimum Gasteiger partial charge on any atom is -0.860 e. The van der Waals surface area contributed by atoms with Crippen molar-refractivity contribution in [2.24, 2.45) is 26.8 Å². The maximum atomic E-state index is 14.6. The van der Waals surface area contributed by atoms with Crippen LogP contribution in [0.5, 0.6) is 11.8 Å². The number of hydrogen-bond donors (Lipinski definition) is 0. The number of aliphatic imine (C=N–C) groups is 3. The van der Waals surface area contributed by atoms with Crippen molar-refractivity contribution in [2.45, 2.75) is 93.0 Å². The first-order chi connectivity index (χ1) is 23.5. The van der Waals surface area contributed by atoms with E-state index >= 15 is 0 Å². The summed E-state index contributed by atoms with van der Waals surface area (Å²) in [5.74, 6) is -1.49. The molecule has 6 aliphatic rings. The van der Waals surface area contributed by atoms with Crippen LogP contribution < -0.4 is 10.2 Å². The Morgan fingerprint density at radius 3 is 2.34 bits per heavy atom. The van der Waals surface area contributed by atoms with Crippen LogP contribution in [0, 0.1) is 18.8 Å². The van der Waals surface area contributed by atoms with Crippen molar-refractivity contribution < 1.29 is 36.2 Å². The molecule has 0 amide bonds. The van der Waals surface area contributed by atoms with Crippen LogP contribution in [0.4, 0.5) is 0 Å². The monoisotopic (exact) mass is 717 g/mol. The van der Waals surface area contributed by atoms with Gasteiger partial charge in [-0.1, -0.05) is 52.7 Å². The van der Waals surface area contributed by atoms with E-state index in [1.807, 2.05) is 38.2 Å². The topological polar surface area (TPSA) is 127 Å². The number of esters is 1. The molecule has 6 aliphatic heterocycles. The van der Waals surface area contributed by atoms with Gasteiger partial charge < -0.3 is 19.5 Å². The third-order valence-electron chi connectivity index (χ3n) is 10.5. The molecule has 0 aromatic carbocycles. The molecule has 6 heterocycles. The molecule has 0 saturated heterocycles. The van der Waals surface area contributed by atoms with E-state index in [9.17, 15) is 15.0 Å². The van der Waals surface area contributed by atoms with Gasteiger partial charge in [0.2, 0.25) is 0 Å². The average Bonchev–Trinajstić information content (AvgIpc) is 3.76. The average molecular weight is 719 g/mol. The number of allylic oxidation sites excluding steroid dienone is 7. The quantitative estimate of drug-likeness (QED) is 0.145. The Morgan fingerprint density at radius 1 is 0.960 bits per heavy atom. The number of carbonyl (C=O) groups is 1. The van der Waals surface area contributed by atoms with Gasteiger partial charge in [-0.2, -0.15) is 0 Å². The van der Waals surface area contributed by atoms with Gasteiger partial charge in [0.1, 0.15) is 0 Å². The van der Waals surface area contributed by atoms with Gasteiger partial charge in [-0.05, 0) is 92.3 Å². The van der Waals surface area contributed by atoms with Gasteiger partial charge in [0.25, 0.3) is 0 Å². The predicted octanol–water partition coefficient (Wildman–Crippen LogP) is 7.29. The molecular formula is C40H45N5NiO4. The number of ether oxygens (including phenoxy) is 1. The van der Waals surface area contributed by atoms with E-state index in [1.54, 1.807) is 0 Å². The van der Waals surface area contributed by atoms with E-state index < -0.39 is 0 Å². The normalized spacial score (nSPS) is 19.7. The Kier molecular flexibility index (Phi) is 11.0. The van der Waals surface area contributed by atoms with E-state index in [4.69, 9.17) is 24.7 Å². The molecule has 50 heavy (non-hydrogen) atoms. The molecule has 8 bridgehead atoms. The second-order valence-corrected chi connectivity index (χ2v) is 13.4. The van der Waals surface area contributed by atoms with Gasteiger partial charge in [0, 0.05) is 47.2 Å². The molecular weight excluding hydrogens is 673 g/mol. The molecule has 0 unspecified atom stereocenters. The summed E-state index contributed by atoms with van der Waals surface area (Å²) in [6.45, 7) is 16.7. The summed E-state index contributed by atoms with van der Waals surface area (Å²) in [5.41, 5.74) is 10.9. The Hall–Kier alpha value is -4.30. The van der Waals surface area contributed by atoms with Crippen LogP contribution in [-0.2, 0) is 32.6 Å². The summed E-state index contributed by atoms with van der Waals surface area (Å²) in [6, 6.07) is 0. The SMILES string of the molecule is C=CC1=C(C)C2=NC1=CC1=NC(=Cc3nc4c(c([O-])n(CCCCCC)c([O-])c-4c3C)C3=NC(=C2)[C@@H](C)[C@@H]3CCC(=O)OC)C(CC)=C1C.[Ni+2]. The third kappa shape index (κ3) is 6.27. The van der Waals surface area contributed by atoms with Crippen LogP contribution in [0.1, 0.15) is 96.4 Å². The molecule has 0 spiro atoms. The Balaban J connectivity index is 0.00000486. The third-order valence-corrected chi connectivity index (χ3v) is 10.5. The first-order valence-electron chi connectivity index (χ1n) is 17.5. The largest absolute Gasteiger partial charge is 2.00 e. The van der Waals surface area contributed by atoms with E-state index in [1.165, 1.54) is 11.7 Å². The number of rotatable bonds is 10. The Bertz CT molecular complexity index is 1980. The predicted molar refractivity (Wildman–Crippen MR) is 192 cm³/mol. The molecule has 0 aromatic heterocycles. The second kappa shape index (κ2) is 14.9. The van der Waals surface area contributed by atoms with E-state index in [0.29, 0.717) is 53.2 Å². The number of hydrogen-bond acceptors (Lipinski definition) is 8. The van der Waals surface area contributed by atoms with Gasteiger partial charge >= 0.3 is 22.5 Å². The van der Waals surface area contributed by atoms with Crippen LogP contribution in [0.2, 0.25) is 0 Å². The number of carbonyl (C=O) groups excluding carboxylic acids is 1. The molecule has 0 aliphatic carbocycles. The van der Waals surface area contributed by atoms with Crippen molar-refractivity contribution in [1.29, 1.82) is 0 Å². The van der Waals surface area contributed by atoms with Crippen molar-refractivity contribution in [2.75, 3.05) is 7.11 Å². The fourth-order valence-corrected chi connectivity index (χ4v) is 7.52. The second-order valence-electron chi connectivity index (χ2n) is 13.4. The van der Waals surface area contributed by atoms with Crippen molar-refractivity contribution in [3.8, 4) is 23.0 Å². The first-order valence-corrected chi connectivity index (χ1v) is 17.5. The van der Waals surface area contributed by atoms with E-state index in [2.05, 4.69) is 34.3 Å². The van der Waals surface area contributed by atoms with Gasteiger partial charge in [0.05, 0.1) is 47.0 Å². The van der Waals surface area contributed by atoms with Crippen molar-refractivity contribution in [1.82, 2.24) is 9.55 Å². The van der Waals surface area contributed by atoms with Crippen molar-refractivity contribution in [3.63, 3.8) is 0 Å². The number of aromatic nitrogens is 2. The van der Waals surface area contributed by atoms with Crippen molar-refractivity contribution in [3.05, 3.63) is 81.0 Å². The summed E-state index contributed by atoms with van der Waals surface area (Å²) in [6.07, 6.45) is 12.8. The smallest absolute Gasteiger partial charge is 0.860 e. The number of pyridine rings is 1. The first kappa shape index (κ1) is 37.0. The summed E-state index contributed by atoms with van der Waals surface area (Å²) in [4.78, 5) is 32.7. The minimum absolute atomic E-state index is 0. The summed E-state index contributed by atoms with van der Waals surface area (Å²) in [7, 11) is 1.38. The van der Waals surface area contributed by atoms with Gasteiger partial charge in [-0.25, -0.2) is 15.0 Å². The maximum Gasteiger partial charge on any atom is 2.00 e. The molecule has 10 heteroatoms. The van der Waals surface area contributed by atoms with Crippen LogP contribution >= 0.6 is 0 Å². The molecule has 0 N–H and O–H groups in total. The number of fused-ring (bicyclic) bond motifs is 5. The summed E-state index contributed by atoms with van der Waals surface area (Å²) < 4.78 is 6.38. The number of methoxy groups -OCH3 is 1. The number of nitrogens with zero attached hydrogens (tertiary/aromatic N) is 5. The van der Waals surface area contributed by atoms with Gasteiger partial charge in [-0.15, -0.1) is 0 Å². The van der Waals surface area contributed by atoms with Gasteiger partial charge in [-0.3, -0.25) is 9.79 Å². The molecule has 0 saturated carbocycles. The van der Waals surface area contributed by atoms with Crippen LogP contribution in [0.25, 0.3) is 17.3 Å². The molecule has 0 fully saturated rings. The summed E-state index contributed by atoms with van der Waals surface area (Å²) in [5, 5.41) is 28.8. The van der Waals surface area contributed by atoms with E-state index in [0.717, 1.165) is 76.5 Å². The van der Waals surface area contributed by atoms with Crippen LogP contribution in [0.3, 0.4) is 0 Å². The number of unbranched alkanes of at least 4 members (excludes halogenated alkanes) is 3. The zero-order valence-corrected chi connectivity index (χ0v) is 31.0. The van der Waals surface area contributed by atoms with E-state index in [-0.39, 0.29) is 52.5 Å². The standard InChI is InChI=1S/C40H47N5O4.Ni/c1-9-12-13-14-17-45-39(47)35-24(7)31-20-33-26(11-3)22(5)29(42-33)19-32-25(10-2)21(4)28(41-32)18-30-23(6)27(15-16-34(46)49-8)37(43-30)36(40(45)48)38(35)44-31;/h10,18-20,23,27,47-48H,2,9,11-17H2,1,3-8H3;/q;+2/p-2/t23-,27-;/m0./s1. The maximum absolute atomic E-state index is 14.6. The zero-order valence-electron chi connectivity index (χ0n) is 30.0. The molecule has 0 radical (unpaired) electrons. The molecule has 9 nitrogen and oxygen atoms in total. The molecule has 2 atom stereocenters. The summed E-state index contributed by atoms with van der Waals surface area (Å²) >= 11 is 0. The van der Waals surface area contributed by atoms with Crippen LogP contribution in [-0.4, -0.2) is 39.8 Å². The molecule has 6 rings (SSSR count). The van der Waals surface area contributed by atoms with Crippen LogP contribution in [0.15, 0.2) is 79.2 Å².